The molecule has 1 saturated heterocycles. The molecule has 4 heteroatoms. The van der Waals surface area contributed by atoms with Crippen molar-refractivity contribution in [2.45, 2.75) is 25.4 Å². The predicted octanol–water partition coefficient (Wildman–Crippen LogP) is 2.73. The molecule has 0 amide bonds. The van der Waals surface area contributed by atoms with Gasteiger partial charge < -0.3 is 14.8 Å². The van der Waals surface area contributed by atoms with Crippen molar-refractivity contribution in [3.05, 3.63) is 28.2 Å². The molecule has 1 aliphatic heterocycles. The van der Waals surface area contributed by atoms with Gasteiger partial charge in [0.25, 0.3) is 0 Å². The van der Waals surface area contributed by atoms with Gasteiger partial charge in [0.1, 0.15) is 5.75 Å². The summed E-state index contributed by atoms with van der Waals surface area (Å²) in [4.78, 5) is 0. The molecule has 0 unspecified atom stereocenters. The van der Waals surface area contributed by atoms with Gasteiger partial charge in [-0.3, -0.25) is 0 Å². The highest BCUT2D eigenvalue weighted by atomic mass is 79.9. The van der Waals surface area contributed by atoms with Gasteiger partial charge in [-0.25, -0.2) is 0 Å². The van der Waals surface area contributed by atoms with E-state index in [1.807, 2.05) is 12.1 Å². The minimum Gasteiger partial charge on any atom is -0.496 e. The van der Waals surface area contributed by atoms with E-state index in [9.17, 15) is 0 Å². The van der Waals surface area contributed by atoms with Crippen LogP contribution in [0.3, 0.4) is 0 Å². The Labute approximate surface area is 111 Å². The maximum absolute atomic E-state index is 5.42. The third kappa shape index (κ3) is 3.21. The van der Waals surface area contributed by atoms with Gasteiger partial charge >= 0.3 is 0 Å². The van der Waals surface area contributed by atoms with Crippen LogP contribution >= 0.6 is 15.9 Å². The maximum Gasteiger partial charge on any atom is 0.124 e. The van der Waals surface area contributed by atoms with Gasteiger partial charge in [-0.15, -0.1) is 0 Å². The van der Waals surface area contributed by atoms with Gasteiger partial charge in [0.15, 0.2) is 0 Å². The van der Waals surface area contributed by atoms with Crippen molar-refractivity contribution in [2.75, 3.05) is 20.3 Å². The lowest BCUT2D eigenvalue weighted by molar-refractivity contribution is 0.171. The first kappa shape index (κ1) is 12.9. The number of methoxy groups -OCH3 is 1. The molecule has 94 valence electrons. The summed E-state index contributed by atoms with van der Waals surface area (Å²) in [6.07, 6.45) is 1.06. The number of benzene rings is 1. The summed E-state index contributed by atoms with van der Waals surface area (Å²) in [5, 5.41) is 3.55. The standard InChI is InChI=1S/C13H18BrNO2/c1-13(5-6-17-9-13)15-8-10-3-4-11(14)7-12(10)16-2/h3-4,7,15H,5-6,8-9H2,1-2H3/t13-/m0/s1. The van der Waals surface area contributed by atoms with E-state index in [2.05, 4.69) is 34.2 Å². The Morgan fingerprint density at radius 2 is 2.35 bits per heavy atom. The van der Waals surface area contributed by atoms with Gasteiger partial charge in [-0.2, -0.15) is 0 Å². The summed E-state index contributed by atoms with van der Waals surface area (Å²) in [5.74, 6) is 0.911. The number of hydrogen-bond donors (Lipinski definition) is 1. The molecule has 17 heavy (non-hydrogen) atoms. The number of rotatable bonds is 4. The van der Waals surface area contributed by atoms with Crippen LogP contribution < -0.4 is 10.1 Å². The van der Waals surface area contributed by atoms with Crippen LogP contribution in [0, 0.1) is 0 Å². The smallest absolute Gasteiger partial charge is 0.124 e. The number of hydrogen-bond acceptors (Lipinski definition) is 3. The molecule has 0 saturated carbocycles. The van der Waals surface area contributed by atoms with Crippen LogP contribution in [0.4, 0.5) is 0 Å². The minimum atomic E-state index is 0.0953. The third-order valence-corrected chi connectivity index (χ3v) is 3.67. The quantitative estimate of drug-likeness (QED) is 0.927. The minimum absolute atomic E-state index is 0.0953. The molecule has 1 fully saturated rings. The third-order valence-electron chi connectivity index (χ3n) is 3.17. The molecule has 1 aromatic carbocycles. The summed E-state index contributed by atoms with van der Waals surface area (Å²) in [7, 11) is 1.70. The SMILES string of the molecule is COc1cc(Br)ccc1CN[C@@]1(C)CCOC1. The van der Waals surface area contributed by atoms with Gasteiger partial charge in [0.2, 0.25) is 0 Å². The fourth-order valence-electron chi connectivity index (χ4n) is 1.98. The zero-order valence-corrected chi connectivity index (χ0v) is 11.8. The molecular formula is C13H18BrNO2. The lowest BCUT2D eigenvalue weighted by Crippen LogP contribution is -2.42. The first-order chi connectivity index (χ1) is 8.13. The first-order valence-corrected chi connectivity index (χ1v) is 6.57. The Balaban J connectivity index is 2.03. The van der Waals surface area contributed by atoms with Crippen LogP contribution in [0.5, 0.6) is 5.75 Å². The van der Waals surface area contributed by atoms with E-state index >= 15 is 0 Å². The van der Waals surface area contributed by atoms with Crippen molar-refractivity contribution in [3.63, 3.8) is 0 Å². The highest BCUT2D eigenvalue weighted by Gasteiger charge is 2.28. The van der Waals surface area contributed by atoms with E-state index in [1.165, 1.54) is 5.56 Å². The highest BCUT2D eigenvalue weighted by molar-refractivity contribution is 9.10. The molecule has 1 aromatic rings. The number of halogens is 1. The Kier molecular flexibility index (Phi) is 4.07. The fourth-order valence-corrected chi connectivity index (χ4v) is 2.32. The van der Waals surface area contributed by atoms with Crippen LogP contribution in [0.15, 0.2) is 22.7 Å². The monoisotopic (exact) mass is 299 g/mol. The van der Waals surface area contributed by atoms with Crippen molar-refractivity contribution in [1.29, 1.82) is 0 Å². The topological polar surface area (TPSA) is 30.5 Å². The normalized spacial score (nSPS) is 23.9. The van der Waals surface area contributed by atoms with Gasteiger partial charge in [-0.1, -0.05) is 22.0 Å². The van der Waals surface area contributed by atoms with Crippen LogP contribution in [0.2, 0.25) is 0 Å². The van der Waals surface area contributed by atoms with Crippen molar-refractivity contribution in [2.24, 2.45) is 0 Å². The second-order valence-corrected chi connectivity index (χ2v) is 5.59. The second-order valence-electron chi connectivity index (χ2n) is 4.67. The Morgan fingerprint density at radius 1 is 1.53 bits per heavy atom. The molecule has 1 heterocycles. The molecule has 1 atom stereocenters. The average Bonchev–Trinajstić information content (AvgIpc) is 2.75. The predicted molar refractivity (Wildman–Crippen MR) is 71.4 cm³/mol. The second kappa shape index (κ2) is 5.38. The largest absolute Gasteiger partial charge is 0.496 e. The van der Waals surface area contributed by atoms with Crippen LogP contribution in [-0.4, -0.2) is 25.9 Å². The molecule has 1 N–H and O–H groups in total. The highest BCUT2D eigenvalue weighted by Crippen LogP contribution is 2.25. The van der Waals surface area contributed by atoms with E-state index in [1.54, 1.807) is 7.11 Å². The van der Waals surface area contributed by atoms with E-state index in [4.69, 9.17) is 9.47 Å². The molecule has 1 aliphatic rings. The van der Waals surface area contributed by atoms with Crippen molar-refractivity contribution in [3.8, 4) is 5.75 Å². The van der Waals surface area contributed by atoms with Crippen molar-refractivity contribution < 1.29 is 9.47 Å². The lowest BCUT2D eigenvalue weighted by atomic mass is 10.0. The Hall–Kier alpha value is -0.580. The van der Waals surface area contributed by atoms with E-state index < -0.39 is 0 Å². The molecule has 0 radical (unpaired) electrons. The number of ether oxygens (including phenoxy) is 2. The summed E-state index contributed by atoms with van der Waals surface area (Å²) in [6.45, 7) is 4.63. The molecule has 0 spiro atoms. The summed E-state index contributed by atoms with van der Waals surface area (Å²) >= 11 is 3.44. The average molecular weight is 300 g/mol. The van der Waals surface area contributed by atoms with Crippen molar-refractivity contribution >= 4 is 15.9 Å². The molecule has 0 aromatic heterocycles. The lowest BCUT2D eigenvalue weighted by Gasteiger charge is -2.24. The Bertz CT molecular complexity index is 389. The van der Waals surface area contributed by atoms with Crippen LogP contribution in [0.1, 0.15) is 18.9 Å². The molecule has 2 rings (SSSR count). The van der Waals surface area contributed by atoms with Gasteiger partial charge in [0, 0.05) is 28.7 Å². The van der Waals surface area contributed by atoms with E-state index in [0.29, 0.717) is 0 Å². The Morgan fingerprint density at radius 3 is 3.00 bits per heavy atom. The molecule has 0 aliphatic carbocycles. The zero-order chi connectivity index (χ0) is 12.3. The van der Waals surface area contributed by atoms with Crippen LogP contribution in [0.25, 0.3) is 0 Å². The summed E-state index contributed by atoms with van der Waals surface area (Å²) in [5.41, 5.74) is 1.27. The summed E-state index contributed by atoms with van der Waals surface area (Å²) < 4.78 is 11.8. The zero-order valence-electron chi connectivity index (χ0n) is 10.3. The molecule has 3 nitrogen and oxygen atoms in total. The van der Waals surface area contributed by atoms with Gasteiger partial charge in [0.05, 0.1) is 13.7 Å². The van der Waals surface area contributed by atoms with E-state index in [-0.39, 0.29) is 5.54 Å². The maximum atomic E-state index is 5.42. The number of nitrogens with one attached hydrogen (secondary N) is 1. The first-order valence-electron chi connectivity index (χ1n) is 5.78. The molecule has 0 bridgehead atoms. The summed E-state index contributed by atoms with van der Waals surface area (Å²) in [6, 6.07) is 6.10. The van der Waals surface area contributed by atoms with Crippen LogP contribution in [-0.2, 0) is 11.3 Å². The van der Waals surface area contributed by atoms with Crippen molar-refractivity contribution in [1.82, 2.24) is 5.32 Å². The molecular weight excluding hydrogens is 282 g/mol. The van der Waals surface area contributed by atoms with E-state index in [0.717, 1.165) is 36.4 Å². The van der Waals surface area contributed by atoms with Gasteiger partial charge in [-0.05, 0) is 25.5 Å². The fraction of sp³-hybridized carbons (Fsp3) is 0.538.